The highest BCUT2D eigenvalue weighted by Gasteiger charge is 2.32. The number of carbonyl (C=O) groups is 1. The van der Waals surface area contributed by atoms with E-state index in [0.29, 0.717) is 49.3 Å². The highest BCUT2D eigenvalue weighted by molar-refractivity contribution is 5.75. The van der Waals surface area contributed by atoms with E-state index in [1.54, 1.807) is 12.1 Å². The van der Waals surface area contributed by atoms with Crippen molar-refractivity contribution in [3.05, 3.63) is 64.5 Å². The van der Waals surface area contributed by atoms with Gasteiger partial charge in [0.05, 0.1) is 12.5 Å². The molecule has 1 atom stereocenters. The van der Waals surface area contributed by atoms with Crippen LogP contribution in [0.1, 0.15) is 106 Å². The third-order valence-corrected chi connectivity index (χ3v) is 8.50. The van der Waals surface area contributed by atoms with Crippen LogP contribution >= 0.6 is 0 Å². The van der Waals surface area contributed by atoms with Crippen LogP contribution in [0.15, 0.2) is 30.3 Å². The summed E-state index contributed by atoms with van der Waals surface area (Å²) in [5.74, 6) is -2.76. The van der Waals surface area contributed by atoms with E-state index in [0.717, 1.165) is 37.7 Å². The molecular formula is C30H35F3O3. The number of esters is 1. The van der Waals surface area contributed by atoms with E-state index in [4.69, 9.17) is 9.47 Å². The normalized spacial score (nSPS) is 28.1. The van der Waals surface area contributed by atoms with E-state index in [9.17, 15) is 18.0 Å². The van der Waals surface area contributed by atoms with Gasteiger partial charge in [0.1, 0.15) is 11.9 Å². The van der Waals surface area contributed by atoms with Crippen LogP contribution in [-0.2, 0) is 9.53 Å². The summed E-state index contributed by atoms with van der Waals surface area (Å²) in [6.45, 7) is 2.81. The molecule has 0 N–H and O–H groups in total. The molecular weight excluding hydrogens is 465 g/mol. The Labute approximate surface area is 211 Å². The number of hydrogen-bond acceptors (Lipinski definition) is 3. The Morgan fingerprint density at radius 3 is 2.17 bits per heavy atom. The summed E-state index contributed by atoms with van der Waals surface area (Å²) in [5.41, 5.74) is 1.92. The molecule has 3 fully saturated rings. The number of hydrogen-bond donors (Lipinski definition) is 0. The summed E-state index contributed by atoms with van der Waals surface area (Å²) in [6, 6.07) is 8.27. The second kappa shape index (κ2) is 11.0. The molecule has 36 heavy (non-hydrogen) atoms. The first-order valence-electron chi connectivity index (χ1n) is 13.5. The third-order valence-electron chi connectivity index (χ3n) is 8.50. The molecule has 2 aromatic rings. The fourth-order valence-corrected chi connectivity index (χ4v) is 6.26. The van der Waals surface area contributed by atoms with E-state index in [1.165, 1.54) is 12.5 Å². The van der Waals surface area contributed by atoms with Gasteiger partial charge in [0.25, 0.3) is 0 Å². The Bertz CT molecular complexity index is 1080. The van der Waals surface area contributed by atoms with Gasteiger partial charge in [0.2, 0.25) is 5.82 Å². The molecule has 0 radical (unpaired) electrons. The van der Waals surface area contributed by atoms with Gasteiger partial charge in [-0.05, 0) is 97.9 Å². The van der Waals surface area contributed by atoms with Gasteiger partial charge < -0.3 is 9.47 Å². The summed E-state index contributed by atoms with van der Waals surface area (Å²) < 4.78 is 55.0. The van der Waals surface area contributed by atoms with Crippen molar-refractivity contribution in [3.63, 3.8) is 0 Å². The van der Waals surface area contributed by atoms with E-state index < -0.39 is 23.5 Å². The van der Waals surface area contributed by atoms with Gasteiger partial charge in [-0.3, -0.25) is 4.79 Å². The lowest BCUT2D eigenvalue weighted by molar-refractivity contribution is -0.140. The van der Waals surface area contributed by atoms with Crippen molar-refractivity contribution in [2.75, 3.05) is 6.61 Å². The summed E-state index contributed by atoms with van der Waals surface area (Å²) >= 11 is 0. The van der Waals surface area contributed by atoms with Gasteiger partial charge in [0, 0.05) is 0 Å². The monoisotopic (exact) mass is 500 g/mol. The molecule has 3 aliphatic rings. The zero-order chi connectivity index (χ0) is 25.2. The number of halogens is 3. The SMILES string of the molecule is CCCC1CCC(c2ccc(OC(=O)C3CCC(c4ccc(C5CO5)cc4F)CC3)c(F)c2F)CC1. The van der Waals surface area contributed by atoms with Gasteiger partial charge in [-0.25, -0.2) is 8.78 Å². The van der Waals surface area contributed by atoms with E-state index >= 15 is 0 Å². The second-order valence-electron chi connectivity index (χ2n) is 10.9. The molecule has 1 unspecified atom stereocenters. The minimum Gasteiger partial charge on any atom is -0.423 e. The van der Waals surface area contributed by atoms with Gasteiger partial charge in [-0.15, -0.1) is 0 Å². The molecule has 2 aliphatic carbocycles. The molecule has 3 nitrogen and oxygen atoms in total. The van der Waals surface area contributed by atoms with Crippen LogP contribution in [0.2, 0.25) is 0 Å². The molecule has 2 aromatic carbocycles. The van der Waals surface area contributed by atoms with Crippen LogP contribution in [0.3, 0.4) is 0 Å². The van der Waals surface area contributed by atoms with Gasteiger partial charge >= 0.3 is 5.97 Å². The minimum absolute atomic E-state index is 0.0129. The third kappa shape index (κ3) is 5.49. The lowest BCUT2D eigenvalue weighted by atomic mass is 9.77. The van der Waals surface area contributed by atoms with E-state index in [1.807, 2.05) is 12.1 Å². The van der Waals surface area contributed by atoms with Crippen LogP contribution in [0, 0.1) is 29.3 Å². The summed E-state index contributed by atoms with van der Waals surface area (Å²) in [6.07, 6.45) is 8.51. The maximum atomic E-state index is 14.9. The average Bonchev–Trinajstić information content (AvgIpc) is 3.74. The maximum Gasteiger partial charge on any atom is 0.314 e. The molecule has 0 aromatic heterocycles. The topological polar surface area (TPSA) is 38.8 Å². The molecule has 2 saturated carbocycles. The van der Waals surface area contributed by atoms with E-state index in [-0.39, 0.29) is 29.5 Å². The van der Waals surface area contributed by atoms with Crippen molar-refractivity contribution in [3.8, 4) is 5.75 Å². The summed E-state index contributed by atoms with van der Waals surface area (Å²) in [7, 11) is 0. The second-order valence-corrected chi connectivity index (χ2v) is 10.9. The predicted octanol–water partition coefficient (Wildman–Crippen LogP) is 8.13. The molecule has 0 spiro atoms. The molecule has 194 valence electrons. The highest BCUT2D eigenvalue weighted by atomic mass is 19.2. The van der Waals surface area contributed by atoms with Gasteiger partial charge in [-0.1, -0.05) is 38.0 Å². The predicted molar refractivity (Wildman–Crippen MR) is 131 cm³/mol. The molecule has 0 bridgehead atoms. The van der Waals surface area contributed by atoms with Crippen molar-refractivity contribution in [1.82, 2.24) is 0 Å². The Morgan fingerprint density at radius 2 is 1.53 bits per heavy atom. The molecule has 5 rings (SSSR count). The largest absolute Gasteiger partial charge is 0.423 e. The molecule has 1 aliphatic heterocycles. The average molecular weight is 501 g/mol. The summed E-state index contributed by atoms with van der Waals surface area (Å²) in [5, 5.41) is 0. The number of epoxide rings is 1. The van der Waals surface area contributed by atoms with E-state index in [2.05, 4.69) is 6.92 Å². The van der Waals surface area contributed by atoms with Crippen molar-refractivity contribution in [2.45, 2.75) is 89.1 Å². The molecule has 0 amide bonds. The quantitative estimate of drug-likeness (QED) is 0.219. The zero-order valence-corrected chi connectivity index (χ0v) is 20.9. The molecule has 6 heteroatoms. The lowest BCUT2D eigenvalue weighted by Crippen LogP contribution is -2.26. The Kier molecular flexibility index (Phi) is 7.71. The number of ether oxygens (including phenoxy) is 2. The minimum atomic E-state index is -1.08. The number of benzene rings is 2. The Hall–Kier alpha value is -2.34. The Balaban J connectivity index is 1.17. The van der Waals surface area contributed by atoms with Crippen molar-refractivity contribution >= 4 is 5.97 Å². The number of rotatable bonds is 7. The fourth-order valence-electron chi connectivity index (χ4n) is 6.26. The van der Waals surface area contributed by atoms with Gasteiger partial charge in [-0.2, -0.15) is 4.39 Å². The van der Waals surface area contributed by atoms with Crippen molar-refractivity contribution in [1.29, 1.82) is 0 Å². The standard InChI is InChI=1S/C30H35F3O3/c1-2-3-18-4-6-20(7-5-18)24-14-15-26(29(33)28(24)32)36-30(34)21-10-8-19(9-11-21)23-13-12-22(16-25(23)31)27-17-35-27/h12-16,18-21,27H,2-11,17H2,1H3. The molecule has 1 saturated heterocycles. The van der Waals surface area contributed by atoms with Crippen LogP contribution < -0.4 is 4.74 Å². The van der Waals surface area contributed by atoms with Crippen LogP contribution in [0.25, 0.3) is 0 Å². The van der Waals surface area contributed by atoms with Crippen LogP contribution in [0.4, 0.5) is 13.2 Å². The lowest BCUT2D eigenvalue weighted by Gasteiger charge is -2.29. The molecule has 1 heterocycles. The highest BCUT2D eigenvalue weighted by Crippen LogP contribution is 2.41. The van der Waals surface area contributed by atoms with Crippen molar-refractivity contribution < 1.29 is 27.4 Å². The van der Waals surface area contributed by atoms with Crippen LogP contribution in [-0.4, -0.2) is 12.6 Å². The maximum absolute atomic E-state index is 14.9. The smallest absolute Gasteiger partial charge is 0.314 e. The first-order valence-corrected chi connectivity index (χ1v) is 13.5. The van der Waals surface area contributed by atoms with Crippen LogP contribution in [0.5, 0.6) is 5.75 Å². The van der Waals surface area contributed by atoms with Gasteiger partial charge in [0.15, 0.2) is 11.6 Å². The summed E-state index contributed by atoms with van der Waals surface area (Å²) in [4.78, 5) is 12.8. The first-order chi connectivity index (χ1) is 17.4. The zero-order valence-electron chi connectivity index (χ0n) is 20.9. The van der Waals surface area contributed by atoms with Crippen molar-refractivity contribution in [2.24, 2.45) is 11.8 Å². The number of carbonyl (C=O) groups excluding carboxylic acids is 1. The Morgan fingerprint density at radius 1 is 0.889 bits per heavy atom. The first kappa shape index (κ1) is 25.3. The fraction of sp³-hybridized carbons (Fsp3) is 0.567.